The van der Waals surface area contributed by atoms with Crippen LogP contribution in [0.25, 0.3) is 0 Å². The predicted molar refractivity (Wildman–Crippen MR) is 75.4 cm³/mol. The van der Waals surface area contributed by atoms with E-state index in [2.05, 4.69) is 13.8 Å². The molecule has 1 N–H and O–H groups in total. The first-order chi connectivity index (χ1) is 8.95. The average Bonchev–Trinajstić information content (AvgIpc) is 2.42. The van der Waals surface area contributed by atoms with Crippen molar-refractivity contribution in [2.45, 2.75) is 26.8 Å². The van der Waals surface area contributed by atoms with Crippen LogP contribution in [0.4, 0.5) is 0 Å². The zero-order valence-corrected chi connectivity index (χ0v) is 12.1. The molecule has 0 radical (unpaired) electrons. The van der Waals surface area contributed by atoms with Gasteiger partial charge in [-0.3, -0.25) is 4.79 Å². The second-order valence-corrected chi connectivity index (χ2v) is 5.18. The van der Waals surface area contributed by atoms with E-state index in [0.717, 1.165) is 0 Å². The molecule has 0 saturated carbocycles. The van der Waals surface area contributed by atoms with Crippen molar-refractivity contribution in [2.75, 3.05) is 20.3 Å². The summed E-state index contributed by atoms with van der Waals surface area (Å²) < 4.78 is 5.60. The highest BCUT2D eigenvalue weighted by molar-refractivity contribution is 5.94. The fourth-order valence-electron chi connectivity index (χ4n) is 1.51. The summed E-state index contributed by atoms with van der Waals surface area (Å²) in [6.07, 6.45) is 0. The number of carbonyl (C=O) groups is 1. The lowest BCUT2D eigenvalue weighted by atomic mass is 10.1. The SMILES string of the molecule is CC(C)COc1cccc(C(=O)N(C)C(C)CO)c1. The number of hydrogen-bond acceptors (Lipinski definition) is 3. The highest BCUT2D eigenvalue weighted by Gasteiger charge is 2.17. The molecule has 4 heteroatoms. The maximum absolute atomic E-state index is 12.2. The zero-order chi connectivity index (χ0) is 14.4. The van der Waals surface area contributed by atoms with E-state index < -0.39 is 0 Å². The molecule has 4 nitrogen and oxygen atoms in total. The number of likely N-dealkylation sites (N-methyl/N-ethyl adjacent to an activating group) is 1. The summed E-state index contributed by atoms with van der Waals surface area (Å²) >= 11 is 0. The molecule has 0 fully saturated rings. The molecule has 0 aromatic heterocycles. The van der Waals surface area contributed by atoms with Crippen LogP contribution in [0, 0.1) is 5.92 Å². The van der Waals surface area contributed by atoms with Gasteiger partial charge in [0, 0.05) is 12.6 Å². The van der Waals surface area contributed by atoms with Crippen molar-refractivity contribution in [2.24, 2.45) is 5.92 Å². The summed E-state index contributed by atoms with van der Waals surface area (Å²) in [7, 11) is 1.69. The molecule has 1 rings (SSSR count). The normalized spacial score (nSPS) is 12.3. The Kier molecular flexibility index (Phi) is 5.83. The third-order valence-electron chi connectivity index (χ3n) is 2.91. The molecule has 1 atom stereocenters. The second kappa shape index (κ2) is 7.14. The summed E-state index contributed by atoms with van der Waals surface area (Å²) in [5.74, 6) is 1.03. The van der Waals surface area contributed by atoms with Crippen LogP contribution < -0.4 is 4.74 Å². The fourth-order valence-corrected chi connectivity index (χ4v) is 1.51. The molecule has 0 saturated heterocycles. The molecule has 19 heavy (non-hydrogen) atoms. The van der Waals surface area contributed by atoms with Crippen molar-refractivity contribution >= 4 is 5.91 Å². The van der Waals surface area contributed by atoms with Crippen LogP contribution in [0.5, 0.6) is 5.75 Å². The van der Waals surface area contributed by atoms with Gasteiger partial charge >= 0.3 is 0 Å². The van der Waals surface area contributed by atoms with Gasteiger partial charge in [0.25, 0.3) is 5.91 Å². The Labute approximate surface area is 115 Å². The highest BCUT2D eigenvalue weighted by atomic mass is 16.5. The molecule has 1 aromatic carbocycles. The van der Waals surface area contributed by atoms with Gasteiger partial charge in [0.1, 0.15) is 5.75 Å². The van der Waals surface area contributed by atoms with Crippen molar-refractivity contribution < 1.29 is 14.6 Å². The van der Waals surface area contributed by atoms with Crippen LogP contribution in [0.1, 0.15) is 31.1 Å². The van der Waals surface area contributed by atoms with Crippen molar-refractivity contribution in [1.29, 1.82) is 0 Å². The van der Waals surface area contributed by atoms with Crippen LogP contribution in [-0.4, -0.2) is 42.2 Å². The maximum Gasteiger partial charge on any atom is 0.254 e. The van der Waals surface area contributed by atoms with E-state index in [4.69, 9.17) is 9.84 Å². The van der Waals surface area contributed by atoms with Gasteiger partial charge < -0.3 is 14.7 Å². The van der Waals surface area contributed by atoms with Gasteiger partial charge in [0.15, 0.2) is 0 Å². The smallest absolute Gasteiger partial charge is 0.254 e. The zero-order valence-electron chi connectivity index (χ0n) is 12.1. The van der Waals surface area contributed by atoms with Gasteiger partial charge in [-0.05, 0) is 31.0 Å². The number of hydrogen-bond donors (Lipinski definition) is 1. The van der Waals surface area contributed by atoms with Crippen molar-refractivity contribution in [3.8, 4) is 5.75 Å². The van der Waals surface area contributed by atoms with E-state index in [9.17, 15) is 4.79 Å². The average molecular weight is 265 g/mol. The van der Waals surface area contributed by atoms with Gasteiger partial charge in [-0.1, -0.05) is 19.9 Å². The standard InChI is InChI=1S/C15H23NO3/c1-11(2)10-19-14-7-5-6-13(8-14)15(18)16(4)12(3)9-17/h5-8,11-12,17H,9-10H2,1-4H3. The lowest BCUT2D eigenvalue weighted by Crippen LogP contribution is -2.37. The molecule has 0 aliphatic heterocycles. The minimum absolute atomic E-state index is 0.0498. The molecule has 0 heterocycles. The number of aliphatic hydroxyl groups is 1. The first-order valence-electron chi connectivity index (χ1n) is 6.56. The molecular formula is C15H23NO3. The van der Waals surface area contributed by atoms with E-state index in [1.807, 2.05) is 6.07 Å². The van der Waals surface area contributed by atoms with Crippen LogP contribution in [-0.2, 0) is 0 Å². The minimum Gasteiger partial charge on any atom is -0.493 e. The summed E-state index contributed by atoms with van der Waals surface area (Å²) in [4.78, 5) is 13.7. The van der Waals surface area contributed by atoms with Crippen LogP contribution >= 0.6 is 0 Å². The lowest BCUT2D eigenvalue weighted by molar-refractivity contribution is 0.0681. The van der Waals surface area contributed by atoms with Crippen molar-refractivity contribution in [1.82, 2.24) is 4.90 Å². The highest BCUT2D eigenvalue weighted by Crippen LogP contribution is 2.16. The van der Waals surface area contributed by atoms with E-state index in [1.54, 1.807) is 32.2 Å². The number of rotatable bonds is 6. The largest absolute Gasteiger partial charge is 0.493 e. The number of amides is 1. The number of aliphatic hydroxyl groups excluding tert-OH is 1. The Balaban J connectivity index is 2.78. The van der Waals surface area contributed by atoms with Gasteiger partial charge in [0.05, 0.1) is 19.3 Å². The molecule has 0 aliphatic carbocycles. The molecule has 1 amide bonds. The maximum atomic E-state index is 12.2. The molecule has 106 valence electrons. The second-order valence-electron chi connectivity index (χ2n) is 5.18. The number of benzene rings is 1. The monoisotopic (exact) mass is 265 g/mol. The van der Waals surface area contributed by atoms with Gasteiger partial charge in [-0.2, -0.15) is 0 Å². The van der Waals surface area contributed by atoms with Crippen LogP contribution in [0.15, 0.2) is 24.3 Å². The summed E-state index contributed by atoms with van der Waals surface area (Å²) in [5, 5.41) is 9.08. The first kappa shape index (κ1) is 15.5. The Morgan fingerprint density at radius 3 is 2.63 bits per heavy atom. The molecular weight excluding hydrogens is 242 g/mol. The lowest BCUT2D eigenvalue weighted by Gasteiger charge is -2.23. The van der Waals surface area contributed by atoms with Gasteiger partial charge in [-0.15, -0.1) is 0 Å². The Morgan fingerprint density at radius 2 is 2.05 bits per heavy atom. The quantitative estimate of drug-likeness (QED) is 0.857. The van der Waals surface area contributed by atoms with Gasteiger partial charge in [0.2, 0.25) is 0 Å². The predicted octanol–water partition coefficient (Wildman–Crippen LogP) is 2.17. The summed E-state index contributed by atoms with van der Waals surface area (Å²) in [6.45, 7) is 6.53. The third kappa shape index (κ3) is 4.56. The Hall–Kier alpha value is -1.55. The number of carbonyl (C=O) groups excluding carboxylic acids is 1. The van der Waals surface area contributed by atoms with Crippen molar-refractivity contribution in [3.05, 3.63) is 29.8 Å². The van der Waals surface area contributed by atoms with E-state index >= 15 is 0 Å². The minimum atomic E-state index is -0.201. The van der Waals surface area contributed by atoms with Gasteiger partial charge in [-0.25, -0.2) is 0 Å². The molecule has 0 spiro atoms. The van der Waals surface area contributed by atoms with E-state index in [1.165, 1.54) is 4.90 Å². The fraction of sp³-hybridized carbons (Fsp3) is 0.533. The first-order valence-corrected chi connectivity index (χ1v) is 6.56. The summed E-state index contributed by atoms with van der Waals surface area (Å²) in [6, 6.07) is 6.94. The van der Waals surface area contributed by atoms with E-state index in [-0.39, 0.29) is 18.6 Å². The molecule has 0 aliphatic rings. The molecule has 1 unspecified atom stereocenters. The summed E-state index contributed by atoms with van der Waals surface area (Å²) in [5.41, 5.74) is 0.573. The third-order valence-corrected chi connectivity index (χ3v) is 2.91. The van der Waals surface area contributed by atoms with Crippen LogP contribution in [0.2, 0.25) is 0 Å². The Bertz CT molecular complexity index is 418. The molecule has 0 bridgehead atoms. The van der Waals surface area contributed by atoms with Crippen LogP contribution in [0.3, 0.4) is 0 Å². The topological polar surface area (TPSA) is 49.8 Å². The van der Waals surface area contributed by atoms with E-state index in [0.29, 0.717) is 23.8 Å². The van der Waals surface area contributed by atoms with Crippen molar-refractivity contribution in [3.63, 3.8) is 0 Å². The number of nitrogens with zero attached hydrogens (tertiary/aromatic N) is 1. The molecule has 1 aromatic rings. The number of ether oxygens (including phenoxy) is 1. The Morgan fingerprint density at radius 1 is 1.37 bits per heavy atom.